The Balaban J connectivity index is 0.000000513. The zero-order valence-electron chi connectivity index (χ0n) is 22.3. The van der Waals surface area contributed by atoms with Gasteiger partial charge < -0.3 is 14.9 Å². The summed E-state index contributed by atoms with van der Waals surface area (Å²) in [6.45, 7) is 0.996. The van der Waals surface area contributed by atoms with Gasteiger partial charge in [-0.25, -0.2) is 4.68 Å². The maximum absolute atomic E-state index is 4.64. The Morgan fingerprint density at radius 1 is 0.722 bits per heavy atom. The minimum absolute atomic E-state index is 0. The number of hydrogen-bond donors (Lipinski definition) is 0. The zero-order valence-corrected chi connectivity index (χ0v) is 23.4. The summed E-state index contributed by atoms with van der Waals surface area (Å²) in [4.78, 5) is 0. The van der Waals surface area contributed by atoms with Crippen molar-refractivity contribution in [2.24, 2.45) is 5.92 Å². The van der Waals surface area contributed by atoms with Gasteiger partial charge in [0, 0.05) is 12.1 Å². The van der Waals surface area contributed by atoms with E-state index in [-0.39, 0.29) is 37.5 Å². The molecule has 3 aliphatic rings. The Kier molecular flexibility index (Phi) is 12.3. The van der Waals surface area contributed by atoms with Crippen molar-refractivity contribution in [3.05, 3.63) is 63.3 Å². The maximum atomic E-state index is 4.64. The summed E-state index contributed by atoms with van der Waals surface area (Å²) < 4.78 is 4.13. The largest absolute Gasteiger partial charge is 2.00 e. The summed E-state index contributed by atoms with van der Waals surface area (Å²) in [6, 6.07) is 10.3. The Morgan fingerprint density at radius 2 is 1.33 bits per heavy atom. The van der Waals surface area contributed by atoms with Crippen LogP contribution in [0.2, 0.25) is 0 Å². The van der Waals surface area contributed by atoms with E-state index in [0.29, 0.717) is 0 Å². The van der Waals surface area contributed by atoms with Crippen LogP contribution in [0, 0.1) is 20.8 Å². The van der Waals surface area contributed by atoms with Crippen molar-refractivity contribution in [3.63, 3.8) is 0 Å². The molecule has 0 N–H and O–H groups in total. The number of nitrogens with zero attached hydrogens (tertiary/aromatic N) is 6. The van der Waals surface area contributed by atoms with E-state index in [1.807, 2.05) is 18.2 Å². The van der Waals surface area contributed by atoms with E-state index in [9.17, 15) is 0 Å². The van der Waals surface area contributed by atoms with Gasteiger partial charge in [-0.05, 0) is 31.6 Å². The van der Waals surface area contributed by atoms with Crippen LogP contribution in [0.1, 0.15) is 95.6 Å². The molecule has 0 aliphatic heterocycles. The van der Waals surface area contributed by atoms with Crippen LogP contribution in [0.25, 0.3) is 11.3 Å². The number of aromatic nitrogens is 6. The van der Waals surface area contributed by atoms with E-state index >= 15 is 0 Å². The first-order valence-electron chi connectivity index (χ1n) is 13.2. The van der Waals surface area contributed by atoms with Gasteiger partial charge in [0.05, 0.1) is 12.4 Å². The van der Waals surface area contributed by atoms with Crippen LogP contribution in [-0.4, -0.2) is 30.0 Å². The Bertz CT molecular complexity index is 975. The van der Waals surface area contributed by atoms with Crippen molar-refractivity contribution in [3.8, 4) is 11.3 Å². The van der Waals surface area contributed by atoms with Crippen LogP contribution in [-0.2, 0) is 29.2 Å². The first-order valence-corrected chi connectivity index (χ1v) is 13.2. The first kappa shape index (κ1) is 30.2. The van der Waals surface area contributed by atoms with E-state index in [0.717, 1.165) is 42.3 Å². The summed E-state index contributed by atoms with van der Waals surface area (Å²) in [5, 5.41) is 18.2. The SMILES string of the molecule is C1CCCC1.[CH3-].[CH3-].[Fe+2].c1ccc(-c2cn(C3(c4cn(CC5CCCC5)nn4)CCCCC3)nn2)cc1. The molecular weight excluding hydrogens is 488 g/mol. The molecule has 0 amide bonds. The van der Waals surface area contributed by atoms with Gasteiger partial charge in [0.1, 0.15) is 16.9 Å². The monoisotopic (exact) mass is 532 g/mol. The maximum Gasteiger partial charge on any atom is 2.00 e. The van der Waals surface area contributed by atoms with Crippen LogP contribution in [0.3, 0.4) is 0 Å². The number of rotatable bonds is 5. The molecule has 0 spiro atoms. The predicted octanol–water partition coefficient (Wildman–Crippen LogP) is 7.28. The fraction of sp³-hybridized carbons (Fsp3) is 0.586. The van der Waals surface area contributed by atoms with Crippen LogP contribution >= 0.6 is 0 Å². The summed E-state index contributed by atoms with van der Waals surface area (Å²) in [6.07, 6.45) is 22.9. The van der Waals surface area contributed by atoms with Gasteiger partial charge in [0.2, 0.25) is 0 Å². The quantitative estimate of drug-likeness (QED) is 0.256. The third kappa shape index (κ3) is 7.07. The Morgan fingerprint density at radius 3 is 1.97 bits per heavy atom. The summed E-state index contributed by atoms with van der Waals surface area (Å²) >= 11 is 0. The van der Waals surface area contributed by atoms with Crippen molar-refractivity contribution in [1.29, 1.82) is 0 Å². The molecule has 1 aromatic carbocycles. The third-order valence-electron chi connectivity index (χ3n) is 7.87. The van der Waals surface area contributed by atoms with Crippen LogP contribution < -0.4 is 0 Å². The Hall–Kier alpha value is -1.98. The standard InChI is InChI=1S/C22H28N6.C5H10.2CH3.Fe/c1-3-11-19(12-4-1)20-16-28(26-23-20)22(13-7-2-8-14-22)21-17-27(25-24-21)15-18-9-5-6-10-18;1-2-4-5-3-1;;;/h1,3-4,11-12,16-18H,2,5-10,13-15H2;1-5H2;2*1H3;/q;;2*-1;+2. The molecule has 7 heteroatoms. The number of benzene rings is 1. The molecule has 3 aliphatic carbocycles. The molecule has 198 valence electrons. The first-order chi connectivity index (χ1) is 16.3. The molecule has 0 atom stereocenters. The fourth-order valence-corrected chi connectivity index (χ4v) is 5.90. The van der Waals surface area contributed by atoms with Gasteiger partial charge in [-0.15, -0.1) is 10.2 Å². The minimum Gasteiger partial charge on any atom is -0.358 e. The van der Waals surface area contributed by atoms with Gasteiger partial charge in [-0.3, -0.25) is 4.68 Å². The molecule has 0 saturated heterocycles. The predicted molar refractivity (Wildman–Crippen MR) is 144 cm³/mol. The van der Waals surface area contributed by atoms with E-state index in [4.69, 9.17) is 0 Å². The average molecular weight is 533 g/mol. The molecule has 3 fully saturated rings. The second-order valence-electron chi connectivity index (χ2n) is 10.3. The van der Waals surface area contributed by atoms with Gasteiger partial charge in [-0.1, -0.05) is 105 Å². The molecule has 0 unspecified atom stereocenters. The molecule has 0 radical (unpaired) electrons. The van der Waals surface area contributed by atoms with Crippen LogP contribution in [0.4, 0.5) is 0 Å². The fourth-order valence-electron chi connectivity index (χ4n) is 5.90. The van der Waals surface area contributed by atoms with E-state index in [1.165, 1.54) is 77.0 Å². The van der Waals surface area contributed by atoms with Gasteiger partial charge >= 0.3 is 17.1 Å². The summed E-state index contributed by atoms with van der Waals surface area (Å²) in [7, 11) is 0. The van der Waals surface area contributed by atoms with Crippen LogP contribution in [0.15, 0.2) is 42.7 Å². The van der Waals surface area contributed by atoms with E-state index in [1.54, 1.807) is 0 Å². The minimum atomic E-state index is -0.216. The van der Waals surface area contributed by atoms with Crippen LogP contribution in [0.5, 0.6) is 0 Å². The molecule has 2 heterocycles. The third-order valence-corrected chi connectivity index (χ3v) is 7.87. The summed E-state index contributed by atoms with van der Waals surface area (Å²) in [5.74, 6) is 0.757. The van der Waals surface area contributed by atoms with Crippen molar-refractivity contribution in [1.82, 2.24) is 30.0 Å². The van der Waals surface area contributed by atoms with E-state index < -0.39 is 0 Å². The normalized spacial score (nSPS) is 18.8. The molecule has 3 saturated carbocycles. The zero-order chi connectivity index (χ0) is 22.3. The molecule has 2 aromatic heterocycles. The Labute approximate surface area is 229 Å². The van der Waals surface area contributed by atoms with Crippen molar-refractivity contribution in [2.45, 2.75) is 102 Å². The van der Waals surface area contributed by atoms with Crippen molar-refractivity contribution < 1.29 is 17.1 Å². The topological polar surface area (TPSA) is 61.4 Å². The molecular formula is C29H44FeN6. The van der Waals surface area contributed by atoms with Gasteiger partial charge in [0.15, 0.2) is 0 Å². The van der Waals surface area contributed by atoms with E-state index in [2.05, 4.69) is 54.5 Å². The van der Waals surface area contributed by atoms with Gasteiger partial charge in [-0.2, -0.15) is 0 Å². The molecule has 3 aromatic rings. The molecule has 6 rings (SSSR count). The second kappa shape index (κ2) is 14.7. The van der Waals surface area contributed by atoms with Gasteiger partial charge in [0.25, 0.3) is 0 Å². The van der Waals surface area contributed by atoms with Crippen molar-refractivity contribution >= 4 is 0 Å². The molecule has 6 nitrogen and oxygen atoms in total. The average Bonchev–Trinajstić information content (AvgIpc) is 3.69. The number of hydrogen-bond acceptors (Lipinski definition) is 4. The molecule has 0 bridgehead atoms. The van der Waals surface area contributed by atoms with Crippen molar-refractivity contribution in [2.75, 3.05) is 0 Å². The smallest absolute Gasteiger partial charge is 0.358 e. The molecule has 36 heavy (non-hydrogen) atoms. The summed E-state index contributed by atoms with van der Waals surface area (Å²) in [5.41, 5.74) is 2.86. The second-order valence-corrected chi connectivity index (χ2v) is 10.3.